The Bertz CT molecular complexity index is 708. The summed E-state index contributed by atoms with van der Waals surface area (Å²) in [6.07, 6.45) is 1.38. The maximum absolute atomic E-state index is 13.0. The number of methoxy groups -OCH3 is 1. The van der Waals surface area contributed by atoms with Crippen molar-refractivity contribution in [3.05, 3.63) is 29.8 Å². The standard InChI is InChI=1S/C19H30N2O4S/c1-19(2,3)16-7-9-17(10-8-16)26(23,24)21-12-5-6-15(14-21)18(22)20-11-13-25-4/h7-10,15H,5-6,11-14H2,1-4H3,(H,20,22)/t15-/m1/s1. The summed E-state index contributed by atoms with van der Waals surface area (Å²) in [4.78, 5) is 12.5. The van der Waals surface area contributed by atoms with Crippen molar-refractivity contribution >= 4 is 15.9 Å². The van der Waals surface area contributed by atoms with Crippen LogP contribution in [0.4, 0.5) is 0 Å². The lowest BCUT2D eigenvalue weighted by Crippen LogP contribution is -2.45. The van der Waals surface area contributed by atoms with Gasteiger partial charge < -0.3 is 10.1 Å². The topological polar surface area (TPSA) is 75.7 Å². The molecule has 0 aromatic heterocycles. The first-order valence-corrected chi connectivity index (χ1v) is 10.5. The molecule has 0 spiro atoms. The Morgan fingerprint density at radius 1 is 1.27 bits per heavy atom. The van der Waals surface area contributed by atoms with Crippen LogP contribution in [0.1, 0.15) is 39.2 Å². The number of ether oxygens (including phenoxy) is 1. The fraction of sp³-hybridized carbons (Fsp3) is 0.632. The number of amides is 1. The Morgan fingerprint density at radius 3 is 2.50 bits per heavy atom. The molecule has 1 aliphatic rings. The minimum atomic E-state index is -3.59. The average molecular weight is 383 g/mol. The molecule has 7 heteroatoms. The summed E-state index contributed by atoms with van der Waals surface area (Å²) >= 11 is 0. The van der Waals surface area contributed by atoms with Gasteiger partial charge >= 0.3 is 0 Å². The van der Waals surface area contributed by atoms with Crippen molar-refractivity contribution in [2.24, 2.45) is 5.92 Å². The molecule has 0 radical (unpaired) electrons. The lowest BCUT2D eigenvalue weighted by Gasteiger charge is -2.31. The molecule has 0 saturated carbocycles. The largest absolute Gasteiger partial charge is 0.383 e. The van der Waals surface area contributed by atoms with E-state index in [1.54, 1.807) is 19.2 Å². The quantitative estimate of drug-likeness (QED) is 0.765. The number of carbonyl (C=O) groups excluding carboxylic acids is 1. The fourth-order valence-corrected chi connectivity index (χ4v) is 4.60. The second-order valence-corrected chi connectivity index (χ2v) is 9.70. The molecule has 26 heavy (non-hydrogen) atoms. The van der Waals surface area contributed by atoms with Crippen molar-refractivity contribution in [1.29, 1.82) is 0 Å². The number of sulfonamides is 1. The van der Waals surface area contributed by atoms with Gasteiger partial charge in [0, 0.05) is 26.7 Å². The van der Waals surface area contributed by atoms with Crippen molar-refractivity contribution in [2.45, 2.75) is 43.9 Å². The second-order valence-electron chi connectivity index (χ2n) is 7.76. The number of rotatable bonds is 6. The van der Waals surface area contributed by atoms with Gasteiger partial charge in [-0.1, -0.05) is 32.9 Å². The molecule has 1 heterocycles. The molecular formula is C19H30N2O4S. The average Bonchev–Trinajstić information content (AvgIpc) is 2.61. The summed E-state index contributed by atoms with van der Waals surface area (Å²) in [6.45, 7) is 7.83. The number of nitrogens with one attached hydrogen (secondary N) is 1. The lowest BCUT2D eigenvalue weighted by atomic mass is 9.87. The molecule has 1 aliphatic heterocycles. The van der Waals surface area contributed by atoms with Gasteiger partial charge in [0.05, 0.1) is 17.4 Å². The highest BCUT2D eigenvalue weighted by Crippen LogP contribution is 2.27. The predicted octanol–water partition coefficient (Wildman–Crippen LogP) is 2.15. The van der Waals surface area contributed by atoms with Gasteiger partial charge in [-0.15, -0.1) is 0 Å². The van der Waals surface area contributed by atoms with Crippen molar-refractivity contribution in [3.63, 3.8) is 0 Å². The molecule has 1 aromatic rings. The van der Waals surface area contributed by atoms with Gasteiger partial charge in [0.2, 0.25) is 15.9 Å². The van der Waals surface area contributed by atoms with Gasteiger partial charge in [0.25, 0.3) is 0 Å². The number of carbonyl (C=O) groups is 1. The zero-order valence-electron chi connectivity index (χ0n) is 16.1. The van der Waals surface area contributed by atoms with Crippen molar-refractivity contribution < 1.29 is 17.9 Å². The zero-order valence-corrected chi connectivity index (χ0v) is 16.9. The van der Waals surface area contributed by atoms with E-state index in [4.69, 9.17) is 4.74 Å². The Kier molecular flexibility index (Phi) is 6.82. The number of nitrogens with zero attached hydrogens (tertiary/aromatic N) is 1. The molecule has 1 atom stereocenters. The van der Waals surface area contributed by atoms with Crippen LogP contribution < -0.4 is 5.32 Å². The molecule has 1 saturated heterocycles. The highest BCUT2D eigenvalue weighted by molar-refractivity contribution is 7.89. The summed E-state index contributed by atoms with van der Waals surface area (Å²) in [5.74, 6) is -0.422. The van der Waals surface area contributed by atoms with Crippen LogP contribution >= 0.6 is 0 Å². The molecule has 1 amide bonds. The van der Waals surface area contributed by atoms with Crippen molar-refractivity contribution in [3.8, 4) is 0 Å². The third kappa shape index (κ3) is 5.05. The van der Waals surface area contributed by atoms with Crippen LogP contribution in [0.15, 0.2) is 29.2 Å². The summed E-state index contributed by atoms with van der Waals surface area (Å²) in [5.41, 5.74) is 1.06. The molecule has 6 nitrogen and oxygen atoms in total. The zero-order chi connectivity index (χ0) is 19.4. The molecule has 0 unspecified atom stereocenters. The van der Waals surface area contributed by atoms with E-state index >= 15 is 0 Å². The molecular weight excluding hydrogens is 352 g/mol. The van der Waals surface area contributed by atoms with Crippen LogP contribution in [-0.4, -0.2) is 52.0 Å². The molecule has 0 bridgehead atoms. The molecule has 1 aromatic carbocycles. The number of piperidine rings is 1. The van der Waals surface area contributed by atoms with E-state index in [-0.39, 0.29) is 28.7 Å². The smallest absolute Gasteiger partial charge is 0.243 e. The second kappa shape index (κ2) is 8.50. The van der Waals surface area contributed by atoms with Gasteiger partial charge in [-0.3, -0.25) is 4.79 Å². The van der Waals surface area contributed by atoms with Gasteiger partial charge in [-0.2, -0.15) is 4.31 Å². The Hall–Kier alpha value is -1.44. The van der Waals surface area contributed by atoms with Gasteiger partial charge in [-0.05, 0) is 36.0 Å². The van der Waals surface area contributed by atoms with E-state index in [0.717, 1.165) is 5.56 Å². The van der Waals surface area contributed by atoms with E-state index in [9.17, 15) is 13.2 Å². The minimum Gasteiger partial charge on any atom is -0.383 e. The lowest BCUT2D eigenvalue weighted by molar-refractivity contribution is -0.126. The van der Waals surface area contributed by atoms with Crippen LogP contribution in [-0.2, 0) is 25.0 Å². The number of benzene rings is 1. The van der Waals surface area contributed by atoms with Crippen LogP contribution in [0.25, 0.3) is 0 Å². The van der Waals surface area contributed by atoms with Crippen LogP contribution in [0.5, 0.6) is 0 Å². The van der Waals surface area contributed by atoms with Gasteiger partial charge in [0.1, 0.15) is 0 Å². The molecule has 2 rings (SSSR count). The van der Waals surface area contributed by atoms with Gasteiger partial charge in [-0.25, -0.2) is 8.42 Å². The number of hydrogen-bond donors (Lipinski definition) is 1. The normalized spacial score (nSPS) is 19.3. The number of hydrogen-bond acceptors (Lipinski definition) is 4. The highest BCUT2D eigenvalue weighted by atomic mass is 32.2. The van der Waals surface area contributed by atoms with Crippen LogP contribution in [0.3, 0.4) is 0 Å². The Morgan fingerprint density at radius 2 is 1.92 bits per heavy atom. The predicted molar refractivity (Wildman–Crippen MR) is 102 cm³/mol. The molecule has 146 valence electrons. The Labute approximate surface area is 157 Å². The van der Waals surface area contributed by atoms with Gasteiger partial charge in [0.15, 0.2) is 0 Å². The monoisotopic (exact) mass is 382 g/mol. The van der Waals surface area contributed by atoms with Crippen molar-refractivity contribution in [1.82, 2.24) is 9.62 Å². The van der Waals surface area contributed by atoms with E-state index in [1.165, 1.54) is 4.31 Å². The van der Waals surface area contributed by atoms with Crippen molar-refractivity contribution in [2.75, 3.05) is 33.4 Å². The summed E-state index contributed by atoms with van der Waals surface area (Å²) < 4.78 is 32.3. The highest BCUT2D eigenvalue weighted by Gasteiger charge is 2.33. The first-order chi connectivity index (χ1) is 12.2. The Balaban J connectivity index is 2.09. The van der Waals surface area contributed by atoms with Crippen LogP contribution in [0, 0.1) is 5.92 Å². The minimum absolute atomic E-state index is 0.0290. The fourth-order valence-electron chi connectivity index (χ4n) is 3.07. The first-order valence-electron chi connectivity index (χ1n) is 9.03. The van der Waals surface area contributed by atoms with Crippen LogP contribution in [0.2, 0.25) is 0 Å². The maximum Gasteiger partial charge on any atom is 0.243 e. The third-order valence-electron chi connectivity index (χ3n) is 4.72. The van der Waals surface area contributed by atoms with E-state index in [1.807, 2.05) is 12.1 Å². The third-order valence-corrected chi connectivity index (χ3v) is 6.60. The summed E-state index contributed by atoms with van der Waals surface area (Å²) in [5, 5.41) is 2.80. The SMILES string of the molecule is COCCNC(=O)[C@@H]1CCCN(S(=O)(=O)c2ccc(C(C)(C)C)cc2)C1. The van der Waals surface area contributed by atoms with E-state index in [2.05, 4.69) is 26.1 Å². The maximum atomic E-state index is 13.0. The molecule has 1 N–H and O–H groups in total. The summed E-state index contributed by atoms with van der Waals surface area (Å²) in [7, 11) is -2.01. The first kappa shape index (κ1) is 20.9. The molecule has 0 aliphatic carbocycles. The van der Waals surface area contributed by atoms with E-state index in [0.29, 0.717) is 32.5 Å². The van der Waals surface area contributed by atoms with E-state index < -0.39 is 10.0 Å². The summed E-state index contributed by atoms with van der Waals surface area (Å²) in [6, 6.07) is 7.06. The molecule has 1 fully saturated rings.